The number of aromatic nitrogens is 1. The van der Waals surface area contributed by atoms with Crippen molar-refractivity contribution in [1.29, 1.82) is 0 Å². The van der Waals surface area contributed by atoms with Crippen LogP contribution in [-0.4, -0.2) is 19.7 Å². The summed E-state index contributed by atoms with van der Waals surface area (Å²) < 4.78 is 22.1. The summed E-state index contributed by atoms with van der Waals surface area (Å²) in [7, 11) is 0. The smallest absolute Gasteiger partial charge is 0.236 e. The van der Waals surface area contributed by atoms with Gasteiger partial charge in [-0.2, -0.15) is 0 Å². The Labute approximate surface area is 189 Å². The first kappa shape index (κ1) is 21.7. The number of hydrogen-bond acceptors (Lipinski definition) is 4. The van der Waals surface area contributed by atoms with E-state index >= 15 is 0 Å². The molecule has 1 aliphatic rings. The summed E-state index contributed by atoms with van der Waals surface area (Å²) in [5, 5.41) is 3.67. The van der Waals surface area contributed by atoms with E-state index in [1.807, 2.05) is 36.4 Å². The topological polar surface area (TPSA) is 82.1 Å². The van der Waals surface area contributed by atoms with Crippen molar-refractivity contribution in [2.75, 3.05) is 5.32 Å². The molecule has 0 spiro atoms. The highest BCUT2D eigenvalue weighted by molar-refractivity contribution is 7.79. The first-order valence-electron chi connectivity index (χ1n) is 10.2. The third-order valence-electron chi connectivity index (χ3n) is 5.87. The molecule has 1 unspecified atom stereocenters. The van der Waals surface area contributed by atoms with Crippen molar-refractivity contribution >= 4 is 34.4 Å². The number of halogens is 1. The van der Waals surface area contributed by atoms with Crippen LogP contribution in [0.2, 0.25) is 5.02 Å². The minimum Gasteiger partial charge on any atom is -0.768 e. The zero-order valence-corrected chi connectivity index (χ0v) is 18.4. The van der Waals surface area contributed by atoms with Gasteiger partial charge in [0.1, 0.15) is 5.82 Å². The number of carbonyl (C=O) groups is 1. The van der Waals surface area contributed by atoms with Gasteiger partial charge < -0.3 is 9.87 Å². The van der Waals surface area contributed by atoms with E-state index in [0.29, 0.717) is 16.5 Å². The second kappa shape index (κ2) is 9.30. The molecule has 0 bridgehead atoms. The summed E-state index contributed by atoms with van der Waals surface area (Å²) >= 11 is 3.79. The van der Waals surface area contributed by atoms with E-state index < -0.39 is 16.5 Å². The molecule has 0 radical (unpaired) electrons. The van der Waals surface area contributed by atoms with Crippen molar-refractivity contribution in [3.05, 3.63) is 77.3 Å². The van der Waals surface area contributed by atoms with Crippen LogP contribution in [0, 0.1) is 0 Å². The number of rotatable bonds is 5. The Kier molecular flexibility index (Phi) is 6.51. The van der Waals surface area contributed by atoms with E-state index in [4.69, 9.17) is 11.6 Å². The van der Waals surface area contributed by atoms with E-state index in [1.54, 1.807) is 18.2 Å². The minimum absolute atomic E-state index is 0.0590. The maximum Gasteiger partial charge on any atom is 0.236 e. The van der Waals surface area contributed by atoms with Gasteiger partial charge in [0.05, 0.1) is 11.1 Å². The number of amides is 1. The van der Waals surface area contributed by atoms with Crippen LogP contribution in [0.15, 0.2) is 71.6 Å². The summed E-state index contributed by atoms with van der Waals surface area (Å²) in [6, 6.07) is 19.4. The molecule has 1 saturated carbocycles. The summed E-state index contributed by atoms with van der Waals surface area (Å²) in [5.74, 6) is 0.411. The van der Waals surface area contributed by atoms with Crippen molar-refractivity contribution in [3.63, 3.8) is 0 Å². The van der Waals surface area contributed by atoms with Gasteiger partial charge >= 0.3 is 0 Å². The fourth-order valence-electron chi connectivity index (χ4n) is 4.21. The summed E-state index contributed by atoms with van der Waals surface area (Å²) in [5.41, 5.74) is 1.81. The lowest BCUT2D eigenvalue weighted by molar-refractivity contribution is -0.122. The number of carbonyl (C=O) groups excluding carboxylic acids is 1. The maximum atomic E-state index is 13.5. The highest BCUT2D eigenvalue weighted by Gasteiger charge is 2.41. The van der Waals surface area contributed by atoms with Gasteiger partial charge in [-0.05, 0) is 65.9 Å². The van der Waals surface area contributed by atoms with Gasteiger partial charge in [-0.15, -0.1) is 0 Å². The van der Waals surface area contributed by atoms with E-state index in [1.165, 1.54) is 12.1 Å². The van der Waals surface area contributed by atoms with Gasteiger partial charge in [0.2, 0.25) is 5.91 Å². The molecule has 1 aliphatic carbocycles. The quantitative estimate of drug-likeness (QED) is 0.518. The molecule has 7 heteroatoms. The average Bonchev–Trinajstić information content (AvgIpc) is 2.80. The number of nitrogens with one attached hydrogen (secondary N) is 1. The molecule has 4 rings (SSSR count). The number of nitrogens with zero attached hydrogens (tertiary/aromatic N) is 1. The molecule has 3 aromatic rings. The molecule has 1 heterocycles. The zero-order chi connectivity index (χ0) is 21.8. The van der Waals surface area contributed by atoms with E-state index in [-0.39, 0.29) is 10.8 Å². The highest BCUT2D eigenvalue weighted by Crippen LogP contribution is 2.40. The van der Waals surface area contributed by atoms with E-state index in [0.717, 1.165) is 43.2 Å². The SMILES string of the molecule is O=C(Nc1cccc(-c2ccc(S(=O)[O-])cc2)n1)C1(c2ccc(Cl)cc2)CCCCC1. The maximum absolute atomic E-state index is 13.5. The average molecular weight is 454 g/mol. The third kappa shape index (κ3) is 4.71. The van der Waals surface area contributed by atoms with Gasteiger partial charge in [0, 0.05) is 15.5 Å². The second-order valence-corrected chi connectivity index (χ2v) is 9.15. The van der Waals surface area contributed by atoms with E-state index in [2.05, 4.69) is 10.3 Å². The lowest BCUT2D eigenvalue weighted by atomic mass is 9.68. The van der Waals surface area contributed by atoms with Crippen LogP contribution < -0.4 is 5.32 Å². The van der Waals surface area contributed by atoms with Crippen LogP contribution in [0.4, 0.5) is 5.82 Å². The minimum atomic E-state index is -2.27. The molecule has 0 aliphatic heterocycles. The Morgan fingerprint density at radius 2 is 1.65 bits per heavy atom. The monoisotopic (exact) mass is 453 g/mol. The predicted octanol–water partition coefficient (Wildman–Crippen LogP) is 5.48. The Morgan fingerprint density at radius 1 is 0.968 bits per heavy atom. The largest absolute Gasteiger partial charge is 0.768 e. The molecule has 160 valence electrons. The van der Waals surface area contributed by atoms with Crippen molar-refractivity contribution in [3.8, 4) is 11.3 Å². The van der Waals surface area contributed by atoms with Crippen LogP contribution >= 0.6 is 11.6 Å². The molecule has 1 fully saturated rings. The van der Waals surface area contributed by atoms with E-state index in [9.17, 15) is 13.6 Å². The van der Waals surface area contributed by atoms with Crippen molar-refractivity contribution < 1.29 is 13.6 Å². The van der Waals surface area contributed by atoms with Gasteiger partial charge in [-0.3, -0.25) is 9.00 Å². The first-order chi connectivity index (χ1) is 15.0. The van der Waals surface area contributed by atoms with Gasteiger partial charge in [0.15, 0.2) is 0 Å². The van der Waals surface area contributed by atoms with Crippen molar-refractivity contribution in [2.24, 2.45) is 0 Å². The Morgan fingerprint density at radius 3 is 2.29 bits per heavy atom. The van der Waals surface area contributed by atoms with Crippen molar-refractivity contribution in [1.82, 2.24) is 4.98 Å². The fourth-order valence-corrected chi connectivity index (χ4v) is 4.69. The number of anilines is 1. The normalized spacial score (nSPS) is 16.5. The van der Waals surface area contributed by atoms with Gasteiger partial charge in [-0.1, -0.05) is 61.2 Å². The molecule has 1 N–H and O–H groups in total. The standard InChI is InChI=1S/C24H23ClN2O3S/c25-19-11-9-18(10-12-19)24(15-2-1-3-16-24)23(28)27-22-6-4-5-21(26-22)17-7-13-20(14-8-17)31(29)30/h4-14H,1-3,15-16H2,(H,29,30)(H,26,27,28)/p-1. The lowest BCUT2D eigenvalue weighted by Gasteiger charge is -2.36. The predicted molar refractivity (Wildman–Crippen MR) is 122 cm³/mol. The molecule has 1 amide bonds. The van der Waals surface area contributed by atoms with Crippen LogP contribution in [-0.2, 0) is 21.3 Å². The van der Waals surface area contributed by atoms with Crippen molar-refractivity contribution in [2.45, 2.75) is 42.4 Å². The number of benzene rings is 2. The molecular weight excluding hydrogens is 432 g/mol. The third-order valence-corrected chi connectivity index (χ3v) is 6.78. The molecule has 31 heavy (non-hydrogen) atoms. The zero-order valence-electron chi connectivity index (χ0n) is 16.8. The molecule has 2 aromatic carbocycles. The lowest BCUT2D eigenvalue weighted by Crippen LogP contribution is -2.42. The second-order valence-electron chi connectivity index (χ2n) is 7.77. The van der Waals surface area contributed by atoms with Gasteiger partial charge in [0.25, 0.3) is 0 Å². The van der Waals surface area contributed by atoms with Crippen LogP contribution in [0.1, 0.15) is 37.7 Å². The molecule has 0 saturated heterocycles. The Balaban J connectivity index is 1.60. The van der Waals surface area contributed by atoms with Gasteiger partial charge in [-0.25, -0.2) is 4.98 Å². The number of hydrogen-bond donors (Lipinski definition) is 1. The van der Waals surface area contributed by atoms with Crippen LogP contribution in [0.5, 0.6) is 0 Å². The number of pyridine rings is 1. The molecule has 1 aromatic heterocycles. The Hall–Kier alpha value is -2.54. The van der Waals surface area contributed by atoms with Crippen LogP contribution in [0.25, 0.3) is 11.3 Å². The molecule has 1 atom stereocenters. The summed E-state index contributed by atoms with van der Waals surface area (Å²) in [6.45, 7) is 0. The molecule has 5 nitrogen and oxygen atoms in total. The highest BCUT2D eigenvalue weighted by atomic mass is 35.5. The Bertz CT molecular complexity index is 1090. The fraction of sp³-hybridized carbons (Fsp3) is 0.250. The summed E-state index contributed by atoms with van der Waals surface area (Å²) in [6.07, 6.45) is 4.69. The first-order valence-corrected chi connectivity index (χ1v) is 11.7. The molecular formula is C24H22ClN2O3S-. The summed E-state index contributed by atoms with van der Waals surface area (Å²) in [4.78, 5) is 18.3. The van der Waals surface area contributed by atoms with Crippen LogP contribution in [0.3, 0.4) is 0 Å².